The predicted octanol–water partition coefficient (Wildman–Crippen LogP) is 1.30. The van der Waals surface area contributed by atoms with E-state index in [1.54, 1.807) is 0 Å². The zero-order chi connectivity index (χ0) is 9.71. The van der Waals surface area contributed by atoms with Crippen LogP contribution in [0.3, 0.4) is 0 Å². The molecule has 1 aliphatic heterocycles. The molecule has 0 N–H and O–H groups in total. The third-order valence-corrected chi connectivity index (χ3v) is 2.99. The van der Waals surface area contributed by atoms with Gasteiger partial charge in [-0.05, 0) is 13.0 Å². The summed E-state index contributed by atoms with van der Waals surface area (Å²) in [6, 6.07) is 2.50. The molecule has 70 valence electrons. The zero-order valence-corrected chi connectivity index (χ0v) is 8.31. The Morgan fingerprint density at radius 1 is 1.50 bits per heavy atom. The Hall–Kier alpha value is -1.64. The molecule has 0 fully saturated rings. The normalized spacial score (nSPS) is 18.0. The highest BCUT2D eigenvalue weighted by molar-refractivity contribution is 5.62. The van der Waals surface area contributed by atoms with Gasteiger partial charge in [0, 0.05) is 18.0 Å². The Balaban J connectivity index is 2.38. The molecule has 0 spiro atoms. The van der Waals surface area contributed by atoms with Crippen LogP contribution in [0.1, 0.15) is 18.5 Å². The smallest absolute Gasteiger partial charge is 0.264 e. The van der Waals surface area contributed by atoms with Crippen LogP contribution in [-0.4, -0.2) is 9.55 Å². The topological polar surface area (TPSA) is 21.7 Å². The van der Waals surface area contributed by atoms with Crippen LogP contribution < -0.4 is 4.57 Å². The summed E-state index contributed by atoms with van der Waals surface area (Å²) in [6.45, 7) is 2.21. The van der Waals surface area contributed by atoms with Crippen LogP contribution in [-0.2, 0) is 7.05 Å². The van der Waals surface area contributed by atoms with Crippen molar-refractivity contribution < 1.29 is 4.57 Å². The van der Waals surface area contributed by atoms with Gasteiger partial charge in [-0.2, -0.15) is 0 Å². The van der Waals surface area contributed by atoms with E-state index in [-0.39, 0.29) is 0 Å². The second kappa shape index (κ2) is 2.44. The molecular formula is C11H12N3+. The van der Waals surface area contributed by atoms with Gasteiger partial charge in [0.2, 0.25) is 0 Å². The molecule has 2 aromatic heterocycles. The van der Waals surface area contributed by atoms with Crippen LogP contribution >= 0.6 is 0 Å². The van der Waals surface area contributed by atoms with Crippen LogP contribution in [0.4, 0.5) is 0 Å². The van der Waals surface area contributed by atoms with Gasteiger partial charge in [0.25, 0.3) is 5.82 Å². The van der Waals surface area contributed by atoms with Crippen molar-refractivity contribution in [3.05, 3.63) is 36.4 Å². The number of pyridine rings is 1. The second-order valence-electron chi connectivity index (χ2n) is 3.78. The van der Waals surface area contributed by atoms with Crippen molar-refractivity contribution in [2.75, 3.05) is 0 Å². The van der Waals surface area contributed by atoms with E-state index in [2.05, 4.69) is 46.5 Å². The summed E-state index contributed by atoms with van der Waals surface area (Å²) in [5, 5.41) is 0. The van der Waals surface area contributed by atoms with Gasteiger partial charge in [0.15, 0.2) is 0 Å². The fourth-order valence-corrected chi connectivity index (χ4v) is 2.23. The Kier molecular flexibility index (Phi) is 1.35. The molecule has 3 nitrogen and oxygen atoms in total. The molecule has 0 amide bonds. The lowest BCUT2D eigenvalue weighted by Gasteiger charge is -1.99. The van der Waals surface area contributed by atoms with E-state index in [0.29, 0.717) is 6.04 Å². The molecule has 1 aliphatic rings. The minimum atomic E-state index is 0.412. The molecule has 1 atom stereocenters. The Morgan fingerprint density at radius 2 is 2.36 bits per heavy atom. The highest BCUT2D eigenvalue weighted by Gasteiger charge is 2.33. The molecule has 0 aliphatic carbocycles. The molecule has 0 radical (unpaired) electrons. The average molecular weight is 186 g/mol. The van der Waals surface area contributed by atoms with E-state index in [1.807, 2.05) is 12.4 Å². The van der Waals surface area contributed by atoms with Crippen LogP contribution in [0, 0.1) is 0 Å². The largest absolute Gasteiger partial charge is 0.289 e. The number of hydrogen-bond donors (Lipinski definition) is 0. The molecule has 0 saturated carbocycles. The van der Waals surface area contributed by atoms with Crippen molar-refractivity contribution in [3.8, 4) is 11.4 Å². The number of rotatable bonds is 0. The summed E-state index contributed by atoms with van der Waals surface area (Å²) in [4.78, 5) is 4.18. The van der Waals surface area contributed by atoms with Crippen molar-refractivity contribution in [1.29, 1.82) is 0 Å². The van der Waals surface area contributed by atoms with Gasteiger partial charge in [-0.1, -0.05) is 0 Å². The van der Waals surface area contributed by atoms with Gasteiger partial charge >= 0.3 is 0 Å². The Bertz CT molecular complexity index is 499. The van der Waals surface area contributed by atoms with Crippen molar-refractivity contribution >= 4 is 0 Å². The second-order valence-corrected chi connectivity index (χ2v) is 3.78. The van der Waals surface area contributed by atoms with E-state index >= 15 is 0 Å². The number of aromatic nitrogens is 3. The molecule has 0 saturated heterocycles. The van der Waals surface area contributed by atoms with Crippen molar-refractivity contribution in [3.63, 3.8) is 0 Å². The van der Waals surface area contributed by atoms with Crippen LogP contribution in [0.15, 0.2) is 30.9 Å². The highest BCUT2D eigenvalue weighted by Crippen LogP contribution is 2.35. The van der Waals surface area contributed by atoms with Gasteiger partial charge in [-0.25, -0.2) is 9.13 Å². The third kappa shape index (κ3) is 0.769. The maximum Gasteiger partial charge on any atom is 0.289 e. The molecule has 14 heavy (non-hydrogen) atoms. The first-order valence-electron chi connectivity index (χ1n) is 4.80. The fourth-order valence-electron chi connectivity index (χ4n) is 2.23. The van der Waals surface area contributed by atoms with Crippen LogP contribution in [0.5, 0.6) is 0 Å². The van der Waals surface area contributed by atoms with Crippen molar-refractivity contribution in [1.82, 2.24) is 9.55 Å². The minimum absolute atomic E-state index is 0.412. The number of nitrogens with zero attached hydrogens (tertiary/aromatic N) is 3. The van der Waals surface area contributed by atoms with E-state index in [4.69, 9.17) is 0 Å². The quantitative estimate of drug-likeness (QED) is 0.568. The third-order valence-electron chi connectivity index (χ3n) is 2.99. The van der Waals surface area contributed by atoms with Gasteiger partial charge in [0.05, 0.1) is 12.6 Å². The summed E-state index contributed by atoms with van der Waals surface area (Å²) in [7, 11) is 2.08. The predicted molar refractivity (Wildman–Crippen MR) is 52.7 cm³/mol. The van der Waals surface area contributed by atoms with E-state index in [0.717, 1.165) is 0 Å². The SMILES string of the molecule is CC1c2cnccc2-c2n1cc[n+]2C. The minimum Gasteiger partial charge on any atom is -0.264 e. The maximum absolute atomic E-state index is 4.18. The lowest BCUT2D eigenvalue weighted by molar-refractivity contribution is -0.659. The Labute approximate surface area is 82.6 Å². The summed E-state index contributed by atoms with van der Waals surface area (Å²) < 4.78 is 4.44. The standard InChI is InChI=1S/C11H12N3/c1-8-10-7-12-4-3-9(10)11-13(2)5-6-14(8)11/h3-8H,1-2H3/q+1. The van der Waals surface area contributed by atoms with Gasteiger partial charge in [-0.15, -0.1) is 0 Å². The number of hydrogen-bond acceptors (Lipinski definition) is 1. The number of imidazole rings is 1. The highest BCUT2D eigenvalue weighted by atomic mass is 15.2. The molecule has 1 unspecified atom stereocenters. The first-order chi connectivity index (χ1) is 6.79. The van der Waals surface area contributed by atoms with E-state index in [1.165, 1.54) is 17.0 Å². The van der Waals surface area contributed by atoms with Gasteiger partial charge in [0.1, 0.15) is 18.4 Å². The molecule has 2 aromatic rings. The number of aryl methyl sites for hydroxylation is 1. The Morgan fingerprint density at radius 3 is 3.21 bits per heavy atom. The summed E-state index contributed by atoms with van der Waals surface area (Å²) >= 11 is 0. The number of fused-ring (bicyclic) bond motifs is 3. The molecule has 3 heteroatoms. The summed E-state index contributed by atoms with van der Waals surface area (Å²) in [5.74, 6) is 1.27. The van der Waals surface area contributed by atoms with Crippen LogP contribution in [0.25, 0.3) is 11.4 Å². The van der Waals surface area contributed by atoms with E-state index in [9.17, 15) is 0 Å². The fraction of sp³-hybridized carbons (Fsp3) is 0.273. The lowest BCUT2D eigenvalue weighted by Crippen LogP contribution is -2.27. The summed E-state index contributed by atoms with van der Waals surface area (Å²) in [5.41, 5.74) is 2.62. The lowest BCUT2D eigenvalue weighted by atomic mass is 10.1. The summed E-state index contributed by atoms with van der Waals surface area (Å²) in [6.07, 6.45) is 8.04. The molecule has 3 rings (SSSR count). The van der Waals surface area contributed by atoms with Gasteiger partial charge < -0.3 is 0 Å². The van der Waals surface area contributed by atoms with Crippen molar-refractivity contribution in [2.24, 2.45) is 7.05 Å². The van der Waals surface area contributed by atoms with Crippen LogP contribution in [0.2, 0.25) is 0 Å². The zero-order valence-electron chi connectivity index (χ0n) is 8.31. The molecule has 0 aromatic carbocycles. The maximum atomic E-state index is 4.18. The molecule has 0 bridgehead atoms. The first kappa shape index (κ1) is 7.74. The average Bonchev–Trinajstić information content (AvgIpc) is 2.70. The van der Waals surface area contributed by atoms with E-state index < -0.39 is 0 Å². The van der Waals surface area contributed by atoms with Crippen molar-refractivity contribution in [2.45, 2.75) is 13.0 Å². The monoisotopic (exact) mass is 186 g/mol. The molecular weight excluding hydrogens is 174 g/mol. The van der Waals surface area contributed by atoms with Gasteiger partial charge in [-0.3, -0.25) is 4.98 Å². The molecule has 3 heterocycles. The first-order valence-corrected chi connectivity index (χ1v) is 4.80.